The topological polar surface area (TPSA) is 74.6 Å². The molecule has 5 heteroatoms. The zero-order valence-corrected chi connectivity index (χ0v) is 7.98. The minimum absolute atomic E-state index is 0.0270. The Kier molecular flexibility index (Phi) is 5.03. The van der Waals surface area contributed by atoms with Gasteiger partial charge in [0, 0.05) is 12.8 Å². The average molecular weight is 184 g/mol. The lowest BCUT2D eigenvalue weighted by Crippen LogP contribution is -2.17. The van der Waals surface area contributed by atoms with Crippen molar-refractivity contribution in [3.8, 4) is 0 Å². The lowest BCUT2D eigenvalue weighted by atomic mass is 10.3. The second kappa shape index (κ2) is 5.54. The van der Waals surface area contributed by atoms with Gasteiger partial charge in [-0.15, -0.1) is 0 Å². The Balaban J connectivity index is 4.67. The molecule has 0 saturated heterocycles. The smallest absolute Gasteiger partial charge is 0.190 e. The van der Waals surface area contributed by atoms with Gasteiger partial charge >= 0.3 is 0 Å². The van der Waals surface area contributed by atoms with Crippen LogP contribution in [0.1, 0.15) is 13.8 Å². The van der Waals surface area contributed by atoms with Gasteiger partial charge in [-0.2, -0.15) is 0 Å². The van der Waals surface area contributed by atoms with Crippen LogP contribution in [0, 0.1) is 5.41 Å². The maximum atomic E-state index is 7.01. The molecule has 0 fully saturated rings. The Morgan fingerprint density at radius 3 is 2.58 bits per heavy atom. The highest BCUT2D eigenvalue weighted by atomic mass is 32.1. The number of rotatable bonds is 3. The summed E-state index contributed by atoms with van der Waals surface area (Å²) >= 11 is 4.57. The van der Waals surface area contributed by atoms with Gasteiger partial charge in [-0.25, -0.2) is 4.99 Å². The molecule has 0 amide bonds. The van der Waals surface area contributed by atoms with Gasteiger partial charge in [0.1, 0.15) is 5.71 Å². The van der Waals surface area contributed by atoms with Crippen LogP contribution in [-0.4, -0.2) is 29.3 Å². The van der Waals surface area contributed by atoms with E-state index in [1.54, 1.807) is 6.92 Å². The van der Waals surface area contributed by atoms with Crippen molar-refractivity contribution in [1.29, 1.82) is 5.41 Å². The van der Waals surface area contributed by atoms with Crippen LogP contribution in [0.2, 0.25) is 0 Å². The molecule has 0 rings (SSSR count). The fourth-order valence-electron chi connectivity index (χ4n) is 0.655. The molecule has 0 aromatic rings. The molecule has 66 valence electrons. The summed E-state index contributed by atoms with van der Waals surface area (Å²) in [6, 6.07) is 0. The molecular weight excluding hydrogens is 172 g/mol. The highest BCUT2D eigenvalue weighted by Crippen LogP contribution is 1.84. The van der Waals surface area contributed by atoms with E-state index in [2.05, 4.69) is 22.2 Å². The molecule has 0 atom stereocenters. The van der Waals surface area contributed by atoms with Gasteiger partial charge in [0.25, 0.3) is 0 Å². The van der Waals surface area contributed by atoms with Crippen LogP contribution in [0.3, 0.4) is 0 Å². The Hall–Kier alpha value is -1.10. The van der Waals surface area contributed by atoms with Gasteiger partial charge in [-0.1, -0.05) is 0 Å². The van der Waals surface area contributed by atoms with Gasteiger partial charge in [0.15, 0.2) is 5.11 Å². The van der Waals surface area contributed by atoms with Crippen LogP contribution < -0.4 is 5.73 Å². The number of nitrogens with zero attached hydrogens (tertiary/aromatic N) is 2. The van der Waals surface area contributed by atoms with Crippen molar-refractivity contribution in [2.24, 2.45) is 15.7 Å². The van der Waals surface area contributed by atoms with Crippen molar-refractivity contribution in [3.05, 3.63) is 0 Å². The predicted octanol–water partition coefficient (Wildman–Crippen LogP) is 0.801. The fourth-order valence-corrected chi connectivity index (χ4v) is 0.753. The summed E-state index contributed by atoms with van der Waals surface area (Å²) in [7, 11) is 0. The van der Waals surface area contributed by atoms with Crippen molar-refractivity contribution >= 4 is 35.0 Å². The SMILES string of the molecule is CCN=C(C)C(C=N)=NC(N)=S. The maximum Gasteiger partial charge on any atom is 0.190 e. The summed E-state index contributed by atoms with van der Waals surface area (Å²) in [5.41, 5.74) is 6.29. The average Bonchev–Trinajstić information content (AvgIpc) is 2.00. The first-order valence-corrected chi connectivity index (χ1v) is 3.92. The molecule has 0 unspecified atom stereocenters. The van der Waals surface area contributed by atoms with Crippen LogP contribution in [0.25, 0.3) is 0 Å². The first kappa shape index (κ1) is 10.9. The summed E-state index contributed by atoms with van der Waals surface area (Å²) in [6.45, 7) is 4.34. The lowest BCUT2D eigenvalue weighted by Gasteiger charge is -1.97. The standard InChI is InChI=1S/C7H12N4S/c1-3-10-5(2)6(4-8)11-7(9)12/h4,8H,3H2,1-2H3,(H2,9,12). The van der Waals surface area contributed by atoms with Gasteiger partial charge in [0.2, 0.25) is 0 Å². The molecular formula is C7H12N4S. The van der Waals surface area contributed by atoms with Crippen LogP contribution >= 0.6 is 12.2 Å². The molecule has 0 bridgehead atoms. The van der Waals surface area contributed by atoms with E-state index < -0.39 is 0 Å². The second-order valence-electron chi connectivity index (χ2n) is 2.04. The van der Waals surface area contributed by atoms with Crippen molar-refractivity contribution < 1.29 is 0 Å². The third-order valence-electron chi connectivity index (χ3n) is 1.13. The number of nitrogens with two attached hydrogens (primary N) is 1. The molecule has 12 heavy (non-hydrogen) atoms. The summed E-state index contributed by atoms with van der Waals surface area (Å²) < 4.78 is 0. The van der Waals surface area contributed by atoms with Crippen molar-refractivity contribution in [2.45, 2.75) is 13.8 Å². The Labute approximate surface area is 77.1 Å². The Morgan fingerprint density at radius 2 is 2.25 bits per heavy atom. The van der Waals surface area contributed by atoms with Gasteiger partial charge in [-0.3, -0.25) is 4.99 Å². The monoisotopic (exact) mass is 184 g/mol. The molecule has 0 aliphatic carbocycles. The van der Waals surface area contributed by atoms with E-state index in [4.69, 9.17) is 11.1 Å². The fraction of sp³-hybridized carbons (Fsp3) is 0.429. The molecule has 0 heterocycles. The van der Waals surface area contributed by atoms with E-state index >= 15 is 0 Å². The molecule has 0 aromatic heterocycles. The summed E-state index contributed by atoms with van der Waals surface area (Å²) in [5, 5.41) is 7.04. The minimum atomic E-state index is 0.0270. The van der Waals surface area contributed by atoms with E-state index in [1.807, 2.05) is 6.92 Å². The highest BCUT2D eigenvalue weighted by molar-refractivity contribution is 7.80. The summed E-state index contributed by atoms with van der Waals surface area (Å²) in [5.74, 6) is 0. The van der Waals surface area contributed by atoms with E-state index in [0.29, 0.717) is 18.0 Å². The summed E-state index contributed by atoms with van der Waals surface area (Å²) in [4.78, 5) is 7.83. The Morgan fingerprint density at radius 1 is 1.67 bits per heavy atom. The molecule has 0 aliphatic rings. The molecule has 0 radical (unpaired) electrons. The molecule has 0 saturated carbocycles. The second-order valence-corrected chi connectivity index (χ2v) is 2.46. The van der Waals surface area contributed by atoms with Crippen LogP contribution in [0.15, 0.2) is 9.98 Å². The van der Waals surface area contributed by atoms with Crippen LogP contribution in [0.4, 0.5) is 0 Å². The van der Waals surface area contributed by atoms with E-state index in [9.17, 15) is 0 Å². The predicted molar refractivity (Wildman–Crippen MR) is 56.7 cm³/mol. The molecule has 4 nitrogen and oxygen atoms in total. The number of nitrogens with one attached hydrogen (secondary N) is 1. The first-order chi connectivity index (χ1) is 5.61. The third-order valence-corrected chi connectivity index (χ3v) is 1.22. The van der Waals surface area contributed by atoms with Gasteiger partial charge in [-0.05, 0) is 26.1 Å². The maximum absolute atomic E-state index is 7.01. The number of hydrogen-bond acceptors (Lipinski definition) is 3. The van der Waals surface area contributed by atoms with E-state index in [0.717, 1.165) is 6.21 Å². The van der Waals surface area contributed by atoms with Crippen LogP contribution in [-0.2, 0) is 0 Å². The number of thiocarbonyl (C=S) groups is 1. The normalized spacial score (nSPS) is 12.8. The van der Waals surface area contributed by atoms with E-state index in [1.165, 1.54) is 0 Å². The number of aliphatic imine (C=N–C) groups is 2. The first-order valence-electron chi connectivity index (χ1n) is 3.51. The third kappa shape index (κ3) is 3.92. The van der Waals surface area contributed by atoms with Gasteiger partial charge < -0.3 is 11.1 Å². The molecule has 0 aromatic carbocycles. The largest absolute Gasteiger partial charge is 0.374 e. The highest BCUT2D eigenvalue weighted by Gasteiger charge is 1.98. The quantitative estimate of drug-likeness (QED) is 0.503. The minimum Gasteiger partial charge on any atom is -0.374 e. The lowest BCUT2D eigenvalue weighted by molar-refractivity contribution is 1.13. The molecule has 3 N–H and O–H groups in total. The van der Waals surface area contributed by atoms with Crippen molar-refractivity contribution in [2.75, 3.05) is 6.54 Å². The number of hydrogen-bond donors (Lipinski definition) is 2. The molecule has 0 aliphatic heterocycles. The zero-order valence-electron chi connectivity index (χ0n) is 7.16. The van der Waals surface area contributed by atoms with Crippen molar-refractivity contribution in [3.63, 3.8) is 0 Å². The van der Waals surface area contributed by atoms with Gasteiger partial charge in [0.05, 0.1) is 5.71 Å². The van der Waals surface area contributed by atoms with Crippen LogP contribution in [0.5, 0.6) is 0 Å². The zero-order chi connectivity index (χ0) is 9.56. The Bertz CT molecular complexity index is 242. The van der Waals surface area contributed by atoms with E-state index in [-0.39, 0.29) is 5.11 Å². The van der Waals surface area contributed by atoms with Crippen molar-refractivity contribution in [1.82, 2.24) is 0 Å². The molecule has 0 spiro atoms. The summed E-state index contributed by atoms with van der Waals surface area (Å²) in [6.07, 6.45) is 1.09.